The van der Waals surface area contributed by atoms with E-state index in [4.69, 9.17) is 4.74 Å². The Morgan fingerprint density at radius 3 is 2.62 bits per heavy atom. The normalized spacial score (nSPS) is 24.0. The van der Waals surface area contributed by atoms with Gasteiger partial charge in [0.15, 0.2) is 0 Å². The number of hydrogen-bond donors (Lipinski definition) is 1. The molecule has 0 radical (unpaired) electrons. The number of thioether (sulfide) groups is 2. The zero-order valence-electron chi connectivity index (χ0n) is 13.5. The van der Waals surface area contributed by atoms with E-state index in [1.54, 1.807) is 0 Å². The number of hydrogen-bond acceptors (Lipinski definition) is 4. The smallest absolute Gasteiger partial charge is 0.124 e. The molecule has 21 heavy (non-hydrogen) atoms. The van der Waals surface area contributed by atoms with Crippen LogP contribution in [0.25, 0.3) is 0 Å². The van der Waals surface area contributed by atoms with Gasteiger partial charge in [0.25, 0.3) is 0 Å². The van der Waals surface area contributed by atoms with Crippen molar-refractivity contribution in [2.75, 3.05) is 18.6 Å². The highest BCUT2D eigenvalue weighted by atomic mass is 32.2. The van der Waals surface area contributed by atoms with E-state index in [1.807, 2.05) is 0 Å². The maximum Gasteiger partial charge on any atom is 0.124 e. The van der Waals surface area contributed by atoms with E-state index in [9.17, 15) is 0 Å². The van der Waals surface area contributed by atoms with Gasteiger partial charge in [-0.05, 0) is 33.4 Å². The van der Waals surface area contributed by atoms with Gasteiger partial charge >= 0.3 is 0 Å². The second kappa shape index (κ2) is 8.35. The monoisotopic (exact) mass is 325 g/mol. The maximum absolute atomic E-state index is 6.03. The lowest BCUT2D eigenvalue weighted by Gasteiger charge is -2.36. The van der Waals surface area contributed by atoms with Gasteiger partial charge in [0.1, 0.15) is 5.75 Å². The maximum atomic E-state index is 6.03. The summed E-state index contributed by atoms with van der Waals surface area (Å²) in [6.45, 7) is 6.48. The third-order valence-electron chi connectivity index (χ3n) is 3.75. The highest BCUT2D eigenvalue weighted by molar-refractivity contribution is 8.07. The average Bonchev–Trinajstić information content (AvgIpc) is 2.49. The lowest BCUT2D eigenvalue weighted by Crippen LogP contribution is -2.37. The summed E-state index contributed by atoms with van der Waals surface area (Å²) in [6, 6.07) is 8.84. The van der Waals surface area contributed by atoms with Gasteiger partial charge in [-0.2, -0.15) is 23.5 Å². The van der Waals surface area contributed by atoms with Crippen molar-refractivity contribution in [3.63, 3.8) is 0 Å². The molecule has 2 rings (SSSR count). The van der Waals surface area contributed by atoms with Crippen LogP contribution in [0.3, 0.4) is 0 Å². The van der Waals surface area contributed by atoms with Gasteiger partial charge < -0.3 is 10.1 Å². The van der Waals surface area contributed by atoms with E-state index in [2.05, 4.69) is 80.9 Å². The molecule has 1 saturated heterocycles. The van der Waals surface area contributed by atoms with Gasteiger partial charge in [-0.3, -0.25) is 0 Å². The summed E-state index contributed by atoms with van der Waals surface area (Å²) < 4.78 is 6.03. The van der Waals surface area contributed by atoms with Crippen LogP contribution < -0.4 is 10.1 Å². The summed E-state index contributed by atoms with van der Waals surface area (Å²) in [7, 11) is 2.07. The molecule has 1 aliphatic rings. The van der Waals surface area contributed by atoms with Crippen LogP contribution in [0.2, 0.25) is 0 Å². The van der Waals surface area contributed by atoms with Gasteiger partial charge in [0.2, 0.25) is 0 Å². The minimum atomic E-state index is 0.207. The van der Waals surface area contributed by atoms with Crippen LogP contribution in [0.4, 0.5) is 0 Å². The van der Waals surface area contributed by atoms with Crippen molar-refractivity contribution in [2.24, 2.45) is 0 Å². The molecule has 3 unspecified atom stereocenters. The molecule has 0 aromatic heterocycles. The molecule has 1 aromatic rings. The molecule has 1 aliphatic heterocycles. The van der Waals surface area contributed by atoms with Gasteiger partial charge in [-0.25, -0.2) is 0 Å². The summed E-state index contributed by atoms with van der Waals surface area (Å²) >= 11 is 4.24. The van der Waals surface area contributed by atoms with Crippen LogP contribution in [0, 0.1) is 0 Å². The predicted octanol–water partition coefficient (Wildman–Crippen LogP) is 4.36. The predicted molar refractivity (Wildman–Crippen MR) is 96.8 cm³/mol. The highest BCUT2D eigenvalue weighted by Gasteiger charge is 2.33. The Morgan fingerprint density at radius 1 is 1.24 bits per heavy atom. The second-order valence-corrected chi connectivity index (χ2v) is 8.26. The van der Waals surface area contributed by atoms with E-state index in [-0.39, 0.29) is 6.10 Å². The van der Waals surface area contributed by atoms with Gasteiger partial charge in [-0.1, -0.05) is 25.1 Å². The Labute approximate surface area is 137 Å². The third kappa shape index (κ3) is 4.33. The molecule has 0 amide bonds. The summed E-state index contributed by atoms with van der Waals surface area (Å²) in [5.41, 5.74) is 1.30. The van der Waals surface area contributed by atoms with Crippen molar-refractivity contribution in [1.29, 1.82) is 0 Å². The Hall–Kier alpha value is -0.320. The molecule has 1 N–H and O–H groups in total. The Morgan fingerprint density at radius 2 is 1.95 bits per heavy atom. The minimum absolute atomic E-state index is 0.207. The molecular formula is C17H27NOS2. The standard InChI is InChI=1S/C17H27NOS2/c1-5-15-17(21-11-10-20-15)16(18-4)13-8-6-7-9-14(13)19-12(2)3/h6-9,12,15-18H,5,10-11H2,1-4H3. The largest absolute Gasteiger partial charge is 0.491 e. The van der Waals surface area contributed by atoms with E-state index in [1.165, 1.54) is 23.5 Å². The summed E-state index contributed by atoms with van der Waals surface area (Å²) in [6.07, 6.45) is 1.44. The summed E-state index contributed by atoms with van der Waals surface area (Å²) in [4.78, 5) is 0. The number of ether oxygens (including phenoxy) is 1. The second-order valence-electron chi connectivity index (χ2n) is 5.62. The number of para-hydroxylation sites is 1. The van der Waals surface area contributed by atoms with Crippen molar-refractivity contribution < 1.29 is 4.74 Å². The Kier molecular flexibility index (Phi) is 6.77. The molecule has 3 atom stereocenters. The molecular weight excluding hydrogens is 298 g/mol. The first kappa shape index (κ1) is 17.0. The highest BCUT2D eigenvalue weighted by Crippen LogP contribution is 2.42. The van der Waals surface area contributed by atoms with E-state index in [0.29, 0.717) is 16.5 Å². The molecule has 0 saturated carbocycles. The molecule has 118 valence electrons. The van der Waals surface area contributed by atoms with Gasteiger partial charge in [0.05, 0.1) is 6.10 Å². The molecule has 1 aromatic carbocycles. The zero-order chi connectivity index (χ0) is 15.2. The van der Waals surface area contributed by atoms with E-state index < -0.39 is 0 Å². The van der Waals surface area contributed by atoms with Crippen LogP contribution in [-0.4, -0.2) is 35.2 Å². The zero-order valence-corrected chi connectivity index (χ0v) is 15.1. The molecule has 4 heteroatoms. The lowest BCUT2D eigenvalue weighted by atomic mass is 9.99. The summed E-state index contributed by atoms with van der Waals surface area (Å²) in [5.74, 6) is 3.55. The van der Waals surface area contributed by atoms with Crippen LogP contribution in [-0.2, 0) is 0 Å². The Bertz CT molecular complexity index is 439. The first-order chi connectivity index (χ1) is 10.2. The molecule has 0 aliphatic carbocycles. The van der Waals surface area contributed by atoms with Crippen LogP contribution in [0.5, 0.6) is 5.75 Å². The minimum Gasteiger partial charge on any atom is -0.491 e. The number of benzene rings is 1. The number of nitrogens with one attached hydrogen (secondary N) is 1. The fourth-order valence-corrected chi connectivity index (χ4v) is 6.12. The third-order valence-corrected chi connectivity index (χ3v) is 7.10. The van der Waals surface area contributed by atoms with Crippen LogP contribution >= 0.6 is 23.5 Å². The molecule has 1 fully saturated rings. The lowest BCUT2D eigenvalue weighted by molar-refractivity contribution is 0.237. The molecule has 1 heterocycles. The van der Waals surface area contributed by atoms with Gasteiger partial charge in [0, 0.05) is 33.6 Å². The molecule has 2 nitrogen and oxygen atoms in total. The number of rotatable bonds is 6. The first-order valence-corrected chi connectivity index (χ1v) is 9.93. The van der Waals surface area contributed by atoms with E-state index >= 15 is 0 Å². The SMILES string of the molecule is CCC1SCCSC1C(NC)c1ccccc1OC(C)C. The fourth-order valence-electron chi connectivity index (χ4n) is 2.84. The van der Waals surface area contributed by atoms with Crippen LogP contribution in [0.15, 0.2) is 24.3 Å². The van der Waals surface area contributed by atoms with Crippen molar-refractivity contribution in [1.82, 2.24) is 5.32 Å². The Balaban J connectivity index is 2.27. The van der Waals surface area contributed by atoms with E-state index in [0.717, 1.165) is 5.75 Å². The van der Waals surface area contributed by atoms with Crippen molar-refractivity contribution in [2.45, 2.75) is 49.8 Å². The molecule has 0 spiro atoms. The summed E-state index contributed by atoms with van der Waals surface area (Å²) in [5, 5.41) is 4.87. The van der Waals surface area contributed by atoms with Crippen LogP contribution in [0.1, 0.15) is 38.8 Å². The average molecular weight is 326 g/mol. The van der Waals surface area contributed by atoms with Crippen molar-refractivity contribution >= 4 is 23.5 Å². The fraction of sp³-hybridized carbons (Fsp3) is 0.647. The van der Waals surface area contributed by atoms with Gasteiger partial charge in [-0.15, -0.1) is 0 Å². The van der Waals surface area contributed by atoms with Crippen molar-refractivity contribution in [3.8, 4) is 5.75 Å². The quantitative estimate of drug-likeness (QED) is 0.838. The van der Waals surface area contributed by atoms with Crippen molar-refractivity contribution in [3.05, 3.63) is 29.8 Å². The first-order valence-electron chi connectivity index (χ1n) is 7.83. The molecule has 0 bridgehead atoms. The topological polar surface area (TPSA) is 21.3 Å².